The Morgan fingerprint density at radius 3 is 2.67 bits per heavy atom. The smallest absolute Gasteiger partial charge is 0.247 e. The van der Waals surface area contributed by atoms with Crippen LogP contribution in [0.2, 0.25) is 5.02 Å². The quantitative estimate of drug-likeness (QED) is 0.735. The minimum absolute atomic E-state index is 0.0317. The molecule has 1 unspecified atom stereocenters. The molecule has 7 nitrogen and oxygen atoms in total. The molecule has 1 heterocycles. The molecule has 27 heavy (non-hydrogen) atoms. The van der Waals surface area contributed by atoms with Crippen LogP contribution in [0.3, 0.4) is 0 Å². The van der Waals surface area contributed by atoms with Crippen molar-refractivity contribution in [1.82, 2.24) is 5.32 Å². The lowest BCUT2D eigenvalue weighted by atomic mass is 10.0. The van der Waals surface area contributed by atoms with Gasteiger partial charge in [-0.1, -0.05) is 29.8 Å². The summed E-state index contributed by atoms with van der Waals surface area (Å²) in [5, 5.41) is 8.58. The molecule has 2 aromatic rings. The third-order valence-corrected chi connectivity index (χ3v) is 4.47. The van der Waals surface area contributed by atoms with Crippen molar-refractivity contribution in [3.8, 4) is 0 Å². The van der Waals surface area contributed by atoms with Crippen molar-refractivity contribution in [2.24, 2.45) is 0 Å². The molecule has 1 aliphatic heterocycles. The molecule has 140 valence electrons. The van der Waals surface area contributed by atoms with Crippen LogP contribution in [0.15, 0.2) is 48.5 Å². The zero-order chi connectivity index (χ0) is 19.4. The highest BCUT2D eigenvalue weighted by atomic mass is 35.5. The number of fused-ring (bicyclic) bond motifs is 1. The third kappa shape index (κ3) is 4.38. The second-order valence-electron chi connectivity index (χ2n) is 6.09. The van der Waals surface area contributed by atoms with E-state index in [4.69, 9.17) is 11.6 Å². The average molecular weight is 387 g/mol. The van der Waals surface area contributed by atoms with Crippen molar-refractivity contribution >= 4 is 46.4 Å². The van der Waals surface area contributed by atoms with Crippen LogP contribution in [-0.2, 0) is 14.4 Å². The summed E-state index contributed by atoms with van der Waals surface area (Å²) in [6.07, 6.45) is -0.107. The Balaban J connectivity index is 1.82. The Labute approximate surface area is 161 Å². The number of hydrogen-bond donors (Lipinski definition) is 3. The van der Waals surface area contributed by atoms with Crippen LogP contribution in [0.25, 0.3) is 0 Å². The fourth-order valence-electron chi connectivity index (χ4n) is 2.94. The number of rotatable bonds is 5. The van der Waals surface area contributed by atoms with Crippen LogP contribution >= 0.6 is 11.6 Å². The van der Waals surface area contributed by atoms with E-state index >= 15 is 0 Å². The van der Waals surface area contributed by atoms with Crippen LogP contribution in [0.5, 0.6) is 0 Å². The van der Waals surface area contributed by atoms with Crippen molar-refractivity contribution in [2.75, 3.05) is 29.1 Å². The first-order valence-electron chi connectivity index (χ1n) is 8.40. The Kier molecular flexibility index (Phi) is 5.61. The minimum atomic E-state index is -0.809. The molecule has 0 fully saturated rings. The van der Waals surface area contributed by atoms with Gasteiger partial charge >= 0.3 is 0 Å². The maximum absolute atomic E-state index is 12.6. The van der Waals surface area contributed by atoms with Gasteiger partial charge in [-0.3, -0.25) is 14.4 Å². The molecule has 0 aliphatic carbocycles. The molecule has 2 aromatic carbocycles. The molecule has 3 amide bonds. The largest absolute Gasteiger partial charge is 0.358 e. The molecule has 8 heteroatoms. The van der Waals surface area contributed by atoms with Crippen LogP contribution in [0.4, 0.5) is 17.1 Å². The lowest BCUT2D eigenvalue weighted by Gasteiger charge is -2.37. The lowest BCUT2D eigenvalue weighted by molar-refractivity contribution is -0.123. The van der Waals surface area contributed by atoms with E-state index in [-0.39, 0.29) is 30.7 Å². The number of halogens is 1. The van der Waals surface area contributed by atoms with Gasteiger partial charge in [0.2, 0.25) is 17.7 Å². The second kappa shape index (κ2) is 8.09. The van der Waals surface area contributed by atoms with Gasteiger partial charge in [0.15, 0.2) is 0 Å². The molecule has 0 aromatic heterocycles. The first-order valence-corrected chi connectivity index (χ1v) is 8.78. The van der Waals surface area contributed by atoms with E-state index in [9.17, 15) is 14.4 Å². The van der Waals surface area contributed by atoms with Crippen molar-refractivity contribution in [3.05, 3.63) is 53.6 Å². The fourth-order valence-corrected chi connectivity index (χ4v) is 3.13. The molecule has 0 radical (unpaired) electrons. The van der Waals surface area contributed by atoms with Crippen molar-refractivity contribution < 1.29 is 14.4 Å². The van der Waals surface area contributed by atoms with Crippen LogP contribution in [0, 0.1) is 0 Å². The van der Waals surface area contributed by atoms with Crippen LogP contribution in [0.1, 0.15) is 6.42 Å². The summed E-state index contributed by atoms with van der Waals surface area (Å²) in [6, 6.07) is 13.1. The topological polar surface area (TPSA) is 90.5 Å². The maximum Gasteiger partial charge on any atom is 0.247 e. The molecule has 0 saturated carbocycles. The van der Waals surface area contributed by atoms with Crippen LogP contribution < -0.4 is 20.9 Å². The predicted octanol–water partition coefficient (Wildman–Crippen LogP) is 2.24. The van der Waals surface area contributed by atoms with E-state index in [1.807, 2.05) is 6.07 Å². The number of nitrogens with zero attached hydrogens (tertiary/aromatic N) is 1. The lowest BCUT2D eigenvalue weighted by Crippen LogP contribution is -2.52. The number of carbonyl (C=O) groups excluding carboxylic acids is 3. The Morgan fingerprint density at radius 2 is 1.93 bits per heavy atom. The number of hydrogen-bond acceptors (Lipinski definition) is 4. The molecular weight excluding hydrogens is 368 g/mol. The van der Waals surface area contributed by atoms with Crippen molar-refractivity contribution in [1.29, 1.82) is 0 Å². The summed E-state index contributed by atoms with van der Waals surface area (Å²) in [4.78, 5) is 38.7. The molecule has 0 saturated heterocycles. The number of amides is 3. The van der Waals surface area contributed by atoms with Gasteiger partial charge in [-0.25, -0.2) is 0 Å². The van der Waals surface area contributed by atoms with Gasteiger partial charge in [0.05, 0.1) is 24.3 Å². The van der Waals surface area contributed by atoms with E-state index in [0.29, 0.717) is 22.1 Å². The fraction of sp³-hybridized carbons (Fsp3) is 0.211. The Morgan fingerprint density at radius 1 is 1.15 bits per heavy atom. The zero-order valence-electron chi connectivity index (χ0n) is 14.7. The summed E-state index contributed by atoms with van der Waals surface area (Å²) in [7, 11) is 1.53. The van der Waals surface area contributed by atoms with Gasteiger partial charge in [0.25, 0.3) is 0 Å². The molecule has 1 aliphatic rings. The maximum atomic E-state index is 12.6. The highest BCUT2D eigenvalue weighted by Crippen LogP contribution is 2.32. The minimum Gasteiger partial charge on any atom is -0.358 e. The van der Waals surface area contributed by atoms with Gasteiger partial charge in [0, 0.05) is 17.8 Å². The van der Waals surface area contributed by atoms with Crippen molar-refractivity contribution in [3.63, 3.8) is 0 Å². The van der Waals surface area contributed by atoms with Gasteiger partial charge in [0.1, 0.15) is 6.04 Å². The Hall–Kier alpha value is -3.06. The van der Waals surface area contributed by atoms with Gasteiger partial charge in [-0.05, 0) is 30.3 Å². The highest BCUT2D eigenvalue weighted by Gasteiger charge is 2.35. The van der Waals surface area contributed by atoms with E-state index < -0.39 is 6.04 Å². The van der Waals surface area contributed by atoms with E-state index in [1.54, 1.807) is 47.4 Å². The summed E-state index contributed by atoms with van der Waals surface area (Å²) >= 11 is 5.93. The zero-order valence-corrected chi connectivity index (χ0v) is 15.4. The molecule has 1 atom stereocenters. The van der Waals surface area contributed by atoms with E-state index in [2.05, 4.69) is 16.0 Å². The van der Waals surface area contributed by atoms with Gasteiger partial charge < -0.3 is 20.9 Å². The summed E-state index contributed by atoms with van der Waals surface area (Å²) < 4.78 is 0. The van der Waals surface area contributed by atoms with E-state index in [1.165, 1.54) is 7.05 Å². The summed E-state index contributed by atoms with van der Waals surface area (Å²) in [5.74, 6) is -0.933. The third-order valence-electron chi connectivity index (χ3n) is 4.23. The predicted molar refractivity (Wildman–Crippen MR) is 105 cm³/mol. The summed E-state index contributed by atoms with van der Waals surface area (Å²) in [5.41, 5.74) is 1.85. The first kappa shape index (κ1) is 18.7. The average Bonchev–Trinajstić information content (AvgIpc) is 2.64. The summed E-state index contributed by atoms with van der Waals surface area (Å²) in [6.45, 7) is -0.0317. The van der Waals surface area contributed by atoms with Gasteiger partial charge in [-0.15, -0.1) is 0 Å². The molecule has 0 spiro atoms. The number of likely N-dealkylation sites (N-methyl/N-ethyl adjacent to an activating group) is 1. The number of nitrogens with one attached hydrogen (secondary N) is 3. The van der Waals surface area contributed by atoms with Crippen molar-refractivity contribution in [2.45, 2.75) is 12.5 Å². The number of benzene rings is 2. The molecule has 3 rings (SSSR count). The number of para-hydroxylation sites is 2. The second-order valence-corrected chi connectivity index (χ2v) is 6.52. The SMILES string of the molecule is CNC(=O)CN1c2ccccc2NC(=O)C1CC(=O)Nc1cccc(Cl)c1. The highest BCUT2D eigenvalue weighted by molar-refractivity contribution is 6.30. The van der Waals surface area contributed by atoms with Crippen LogP contribution in [-0.4, -0.2) is 37.4 Å². The van der Waals surface area contributed by atoms with Gasteiger partial charge in [-0.2, -0.15) is 0 Å². The molecule has 0 bridgehead atoms. The molecular formula is C19H19ClN4O3. The monoisotopic (exact) mass is 386 g/mol. The number of carbonyl (C=O) groups is 3. The Bertz CT molecular complexity index is 887. The molecule has 3 N–H and O–H groups in total. The van der Waals surface area contributed by atoms with E-state index in [0.717, 1.165) is 0 Å². The first-order chi connectivity index (χ1) is 13.0. The standard InChI is InChI=1S/C19H19ClN4O3/c1-21-18(26)11-24-15-8-3-2-7-14(15)23-19(27)16(24)10-17(25)22-13-6-4-5-12(20)9-13/h2-9,16H,10-11H2,1H3,(H,21,26)(H,22,25)(H,23,27). The number of anilines is 3. The normalized spacial score (nSPS) is 15.6.